The zero-order valence-electron chi connectivity index (χ0n) is 24.5. The number of aliphatic hydroxyl groups excluding tert-OH is 2. The fraction of sp³-hybridized carbons (Fsp3) is 0.438. The Bertz CT molecular complexity index is 1450. The second-order valence-corrected chi connectivity index (χ2v) is 11.2. The highest BCUT2D eigenvalue weighted by Crippen LogP contribution is 2.48. The summed E-state index contributed by atoms with van der Waals surface area (Å²) in [5.74, 6) is -5.60. The molecule has 0 unspecified atom stereocenters. The van der Waals surface area contributed by atoms with E-state index >= 15 is 0 Å². The van der Waals surface area contributed by atoms with Crippen molar-refractivity contribution in [2.45, 2.75) is 51.1 Å². The van der Waals surface area contributed by atoms with Gasteiger partial charge in [0.1, 0.15) is 5.75 Å². The van der Waals surface area contributed by atoms with Gasteiger partial charge in [-0.3, -0.25) is 9.59 Å². The standard InChI is InChI=1S/C32H33F6NO6/c1-3-17(10-18-4-7-23(41)8-5-18)6-9-26(42)27-19(16-45-2)11-24-28(25(27)15-40)30(44)39(29(24)43)22-13-20(31(33,34)35)12-21(14-22)32(36,37)38/h4-5,7-8,10,12-14,24-26,28,40-42H,3,6,9,11,15-16H2,1-2H3/b17-10+/t24-,25+,26-,28-/m1/s1. The van der Waals surface area contributed by atoms with Gasteiger partial charge in [0, 0.05) is 13.0 Å². The maximum atomic E-state index is 13.7. The predicted octanol–water partition coefficient (Wildman–Crippen LogP) is 6.13. The van der Waals surface area contributed by atoms with Crippen molar-refractivity contribution in [3.05, 3.63) is 75.9 Å². The maximum Gasteiger partial charge on any atom is 0.416 e. The summed E-state index contributed by atoms with van der Waals surface area (Å²) in [7, 11) is 1.36. The predicted molar refractivity (Wildman–Crippen MR) is 152 cm³/mol. The summed E-state index contributed by atoms with van der Waals surface area (Å²) < 4.78 is 86.6. The highest BCUT2D eigenvalue weighted by molar-refractivity contribution is 6.22. The third kappa shape index (κ3) is 7.26. The van der Waals surface area contributed by atoms with Crippen molar-refractivity contribution in [2.24, 2.45) is 17.8 Å². The lowest BCUT2D eigenvalue weighted by molar-refractivity contribution is -0.143. The largest absolute Gasteiger partial charge is 0.508 e. The molecular formula is C32H33F6NO6. The molecule has 7 nitrogen and oxygen atoms in total. The Balaban J connectivity index is 1.67. The van der Waals surface area contributed by atoms with Gasteiger partial charge >= 0.3 is 12.4 Å². The second-order valence-electron chi connectivity index (χ2n) is 11.2. The smallest absolute Gasteiger partial charge is 0.416 e. The number of halogens is 6. The molecule has 45 heavy (non-hydrogen) atoms. The van der Waals surface area contributed by atoms with Gasteiger partial charge in [0.2, 0.25) is 11.8 Å². The van der Waals surface area contributed by atoms with E-state index in [1.165, 1.54) is 19.2 Å². The summed E-state index contributed by atoms with van der Waals surface area (Å²) in [6.45, 7) is 1.12. The van der Waals surface area contributed by atoms with E-state index in [2.05, 4.69) is 0 Å². The first-order valence-electron chi connectivity index (χ1n) is 14.3. The van der Waals surface area contributed by atoms with Gasteiger partial charge in [-0.1, -0.05) is 30.7 Å². The number of carbonyl (C=O) groups excluding carboxylic acids is 2. The molecule has 4 atom stereocenters. The molecule has 0 aromatic heterocycles. The number of rotatable bonds is 10. The fourth-order valence-electron chi connectivity index (χ4n) is 6.22. The van der Waals surface area contributed by atoms with Crippen LogP contribution in [0.15, 0.2) is 59.2 Å². The quantitative estimate of drug-likeness (QED) is 0.164. The van der Waals surface area contributed by atoms with Gasteiger partial charge in [0.25, 0.3) is 0 Å². The number of alkyl halides is 6. The summed E-state index contributed by atoms with van der Waals surface area (Å²) >= 11 is 0. The molecule has 2 aromatic carbocycles. The highest BCUT2D eigenvalue weighted by Gasteiger charge is 2.55. The van der Waals surface area contributed by atoms with E-state index in [-0.39, 0.29) is 36.8 Å². The van der Waals surface area contributed by atoms with Crippen molar-refractivity contribution in [1.29, 1.82) is 0 Å². The van der Waals surface area contributed by atoms with Gasteiger partial charge in [-0.25, -0.2) is 4.90 Å². The van der Waals surface area contributed by atoms with Crippen molar-refractivity contribution in [3.63, 3.8) is 0 Å². The third-order valence-corrected chi connectivity index (χ3v) is 8.35. The first-order chi connectivity index (χ1) is 21.1. The molecule has 13 heteroatoms. The number of fused-ring (bicyclic) bond motifs is 1. The Morgan fingerprint density at radius 3 is 2.13 bits per heavy atom. The Morgan fingerprint density at radius 2 is 1.62 bits per heavy atom. The number of methoxy groups -OCH3 is 1. The van der Waals surface area contributed by atoms with Crippen LogP contribution in [0.25, 0.3) is 6.08 Å². The Hall–Kier alpha value is -3.68. The van der Waals surface area contributed by atoms with Crippen LogP contribution in [0.5, 0.6) is 5.75 Å². The number of imide groups is 1. The van der Waals surface area contributed by atoms with Gasteiger partial charge in [0.05, 0.1) is 48.0 Å². The number of amides is 2. The van der Waals surface area contributed by atoms with Crippen LogP contribution >= 0.6 is 0 Å². The summed E-state index contributed by atoms with van der Waals surface area (Å²) in [6.07, 6.45) is -8.65. The van der Waals surface area contributed by atoms with Crippen LogP contribution in [-0.2, 0) is 26.7 Å². The van der Waals surface area contributed by atoms with Crippen molar-refractivity contribution in [1.82, 2.24) is 0 Å². The molecule has 1 heterocycles. The first kappa shape index (κ1) is 34.2. The molecule has 0 spiro atoms. The summed E-state index contributed by atoms with van der Waals surface area (Å²) in [5.41, 5.74) is -1.76. The van der Waals surface area contributed by atoms with Crippen LogP contribution in [0.1, 0.15) is 49.3 Å². The number of hydrogen-bond donors (Lipinski definition) is 3. The van der Waals surface area contributed by atoms with Crippen LogP contribution in [0.2, 0.25) is 0 Å². The van der Waals surface area contributed by atoms with E-state index in [0.717, 1.165) is 11.1 Å². The normalized spacial score (nSPS) is 21.9. The molecule has 0 bridgehead atoms. The molecule has 1 saturated heterocycles. The minimum absolute atomic E-state index is 0.0840. The van der Waals surface area contributed by atoms with Gasteiger partial charge < -0.3 is 20.1 Å². The minimum Gasteiger partial charge on any atom is -0.508 e. The molecule has 3 N–H and O–H groups in total. The maximum absolute atomic E-state index is 13.7. The Morgan fingerprint density at radius 1 is 1.02 bits per heavy atom. The molecule has 2 aromatic rings. The first-order valence-corrected chi connectivity index (χ1v) is 14.3. The summed E-state index contributed by atoms with van der Waals surface area (Å²) in [6, 6.07) is 7.07. The number of phenolic OH excluding ortho intramolecular Hbond substituents is 1. The summed E-state index contributed by atoms with van der Waals surface area (Å²) in [5, 5.41) is 31.4. The van der Waals surface area contributed by atoms with Crippen LogP contribution in [0, 0.1) is 17.8 Å². The third-order valence-electron chi connectivity index (χ3n) is 8.35. The number of nitrogens with zero attached hydrogens (tertiary/aromatic N) is 1. The van der Waals surface area contributed by atoms with E-state index in [1.807, 2.05) is 13.0 Å². The van der Waals surface area contributed by atoms with Crippen molar-refractivity contribution >= 4 is 23.6 Å². The van der Waals surface area contributed by atoms with E-state index in [1.54, 1.807) is 12.1 Å². The monoisotopic (exact) mass is 641 g/mol. The number of hydrogen-bond acceptors (Lipinski definition) is 6. The Labute approximate surface area is 255 Å². The zero-order chi connectivity index (χ0) is 33.3. The molecule has 1 aliphatic carbocycles. The average molecular weight is 642 g/mol. The number of anilines is 1. The molecule has 0 saturated carbocycles. The number of aliphatic hydroxyl groups is 2. The number of carbonyl (C=O) groups is 2. The molecule has 4 rings (SSSR count). The highest BCUT2D eigenvalue weighted by atomic mass is 19.4. The number of allylic oxidation sites excluding steroid dienone is 1. The number of benzene rings is 2. The topological polar surface area (TPSA) is 107 Å². The molecule has 244 valence electrons. The molecule has 2 amide bonds. The van der Waals surface area contributed by atoms with Gasteiger partial charge in [0.15, 0.2) is 0 Å². The van der Waals surface area contributed by atoms with Crippen molar-refractivity contribution < 1.29 is 56.0 Å². The molecule has 0 radical (unpaired) electrons. The molecule has 1 aliphatic heterocycles. The van der Waals surface area contributed by atoms with Gasteiger partial charge in [-0.05, 0) is 72.7 Å². The molecule has 1 fully saturated rings. The number of ether oxygens (including phenoxy) is 1. The van der Waals surface area contributed by atoms with Crippen molar-refractivity contribution in [2.75, 3.05) is 25.2 Å². The fourth-order valence-corrected chi connectivity index (χ4v) is 6.22. The Kier molecular flexibility index (Phi) is 10.1. The average Bonchev–Trinajstić information content (AvgIpc) is 3.23. The van der Waals surface area contributed by atoms with Crippen LogP contribution in [-0.4, -0.2) is 53.6 Å². The minimum atomic E-state index is -5.19. The van der Waals surface area contributed by atoms with E-state index < -0.39 is 71.4 Å². The second kappa shape index (κ2) is 13.4. The van der Waals surface area contributed by atoms with E-state index in [4.69, 9.17) is 4.74 Å². The number of phenols is 1. The van der Waals surface area contributed by atoms with Crippen LogP contribution in [0.3, 0.4) is 0 Å². The van der Waals surface area contributed by atoms with Crippen molar-refractivity contribution in [3.8, 4) is 5.75 Å². The van der Waals surface area contributed by atoms with E-state index in [9.17, 15) is 51.3 Å². The summed E-state index contributed by atoms with van der Waals surface area (Å²) in [4.78, 5) is 27.5. The SMILES string of the molecule is CC/C(=C\c1ccc(O)cc1)CC[C@@H](O)C1=C(COC)C[C@H]2C(=O)N(c3cc(C(F)(F)F)cc(C(F)(F)F)c3)C(=O)[C@H]2[C@H]1CO. The molecule has 2 aliphatic rings. The molecular weight excluding hydrogens is 608 g/mol. The van der Waals surface area contributed by atoms with Crippen LogP contribution in [0.4, 0.5) is 32.0 Å². The zero-order valence-corrected chi connectivity index (χ0v) is 24.5. The van der Waals surface area contributed by atoms with Gasteiger partial charge in [-0.2, -0.15) is 26.3 Å². The lowest BCUT2D eigenvalue weighted by atomic mass is 9.68. The van der Waals surface area contributed by atoms with Gasteiger partial charge in [-0.15, -0.1) is 0 Å². The van der Waals surface area contributed by atoms with Crippen LogP contribution < -0.4 is 4.90 Å². The lowest BCUT2D eigenvalue weighted by Gasteiger charge is -2.36. The number of aromatic hydroxyl groups is 1. The lowest BCUT2D eigenvalue weighted by Crippen LogP contribution is -2.39. The van der Waals surface area contributed by atoms with E-state index in [0.29, 0.717) is 35.4 Å².